The van der Waals surface area contributed by atoms with Gasteiger partial charge in [-0.25, -0.2) is 4.98 Å². The molecule has 0 spiro atoms. The van der Waals surface area contributed by atoms with Crippen LogP contribution in [-0.4, -0.2) is 26.4 Å². The van der Waals surface area contributed by atoms with Crippen LogP contribution in [0.5, 0.6) is 0 Å². The first-order valence-electron chi connectivity index (χ1n) is 8.15. The summed E-state index contributed by atoms with van der Waals surface area (Å²) < 4.78 is 3.08. The molecule has 23 heavy (non-hydrogen) atoms. The number of benzene rings is 1. The van der Waals surface area contributed by atoms with Crippen LogP contribution in [0.2, 0.25) is 0 Å². The highest BCUT2D eigenvalue weighted by Crippen LogP contribution is 2.49. The summed E-state index contributed by atoms with van der Waals surface area (Å²) in [6.45, 7) is 0.635. The van der Waals surface area contributed by atoms with E-state index in [9.17, 15) is 4.79 Å². The average Bonchev–Trinajstić information content (AvgIpc) is 3.44. The maximum Gasteiger partial charge on any atom is 0.226 e. The van der Waals surface area contributed by atoms with Crippen LogP contribution in [0.15, 0.2) is 41.1 Å². The van der Waals surface area contributed by atoms with Gasteiger partial charge in [0.2, 0.25) is 5.91 Å². The van der Waals surface area contributed by atoms with Gasteiger partial charge in [0.15, 0.2) is 0 Å². The molecule has 2 aliphatic rings. The van der Waals surface area contributed by atoms with Gasteiger partial charge < -0.3 is 9.47 Å². The van der Waals surface area contributed by atoms with Gasteiger partial charge in [-0.2, -0.15) is 0 Å². The van der Waals surface area contributed by atoms with Crippen molar-refractivity contribution in [2.75, 3.05) is 0 Å². The zero-order valence-electron chi connectivity index (χ0n) is 13.2. The Bertz CT molecular complexity index is 720. The molecule has 1 heterocycles. The molecule has 0 radical (unpaired) electrons. The first-order valence-corrected chi connectivity index (χ1v) is 8.95. The monoisotopic (exact) mass is 373 g/mol. The lowest BCUT2D eigenvalue weighted by Gasteiger charge is -2.22. The number of carbonyl (C=O) groups is 1. The number of amides is 1. The minimum atomic E-state index is 0.150. The highest BCUT2D eigenvalue weighted by Gasteiger charge is 2.48. The van der Waals surface area contributed by atoms with Crippen molar-refractivity contribution in [3.8, 4) is 0 Å². The Morgan fingerprint density at radius 3 is 2.70 bits per heavy atom. The molecule has 0 N–H and O–H groups in total. The van der Waals surface area contributed by atoms with Crippen LogP contribution in [0, 0.1) is 5.92 Å². The van der Waals surface area contributed by atoms with Gasteiger partial charge in [0.25, 0.3) is 0 Å². The molecule has 4 nitrogen and oxygen atoms in total. The average molecular weight is 374 g/mol. The molecular weight excluding hydrogens is 354 g/mol. The molecule has 120 valence electrons. The predicted molar refractivity (Wildman–Crippen MR) is 91.8 cm³/mol. The third-order valence-corrected chi connectivity index (χ3v) is 5.44. The van der Waals surface area contributed by atoms with Crippen molar-refractivity contribution < 1.29 is 4.79 Å². The van der Waals surface area contributed by atoms with Crippen LogP contribution in [-0.2, 0) is 18.4 Å². The number of carbonyl (C=O) groups excluding carboxylic acids is 1. The minimum absolute atomic E-state index is 0.150. The molecule has 0 bridgehead atoms. The Kier molecular flexibility index (Phi) is 3.76. The molecule has 0 aliphatic heterocycles. The van der Waals surface area contributed by atoms with E-state index in [1.165, 1.54) is 5.56 Å². The second kappa shape index (κ2) is 5.78. The number of nitrogens with zero attached hydrogens (tertiary/aromatic N) is 3. The molecule has 2 aliphatic carbocycles. The van der Waals surface area contributed by atoms with Crippen molar-refractivity contribution in [2.24, 2.45) is 13.0 Å². The molecule has 1 amide bonds. The second-order valence-electron chi connectivity index (χ2n) is 6.65. The van der Waals surface area contributed by atoms with Crippen LogP contribution in [0.4, 0.5) is 0 Å². The summed E-state index contributed by atoms with van der Waals surface area (Å²) in [6, 6.07) is 8.79. The van der Waals surface area contributed by atoms with E-state index in [0.29, 0.717) is 24.4 Å². The molecular formula is C18H20BrN3O. The van der Waals surface area contributed by atoms with Gasteiger partial charge in [-0.15, -0.1) is 0 Å². The van der Waals surface area contributed by atoms with Crippen LogP contribution in [0.25, 0.3) is 0 Å². The number of imidazole rings is 1. The smallest absolute Gasteiger partial charge is 0.226 e. The van der Waals surface area contributed by atoms with Crippen molar-refractivity contribution in [2.45, 2.75) is 37.8 Å². The lowest BCUT2D eigenvalue weighted by atomic mass is 10.1. The summed E-state index contributed by atoms with van der Waals surface area (Å²) >= 11 is 3.47. The zero-order valence-corrected chi connectivity index (χ0v) is 14.7. The predicted octanol–water partition coefficient (Wildman–Crippen LogP) is 3.48. The van der Waals surface area contributed by atoms with Gasteiger partial charge in [-0.1, -0.05) is 28.1 Å². The van der Waals surface area contributed by atoms with Crippen molar-refractivity contribution in [1.29, 1.82) is 0 Å². The number of halogens is 1. The van der Waals surface area contributed by atoms with E-state index >= 15 is 0 Å². The molecule has 5 heteroatoms. The fourth-order valence-corrected chi connectivity index (χ4v) is 3.50. The standard InChI is InChI=1S/C18H20BrN3O/c1-21-9-8-20-17(21)11-22(14-6-7-14)18(23)16-10-15(16)12-2-4-13(19)5-3-12/h2-5,8-9,14-16H,6-7,10-11H2,1H3/t15-,16-/m1/s1. The van der Waals surface area contributed by atoms with Crippen LogP contribution >= 0.6 is 15.9 Å². The number of hydrogen-bond acceptors (Lipinski definition) is 2. The maximum absolute atomic E-state index is 13.0. The first-order chi connectivity index (χ1) is 11.1. The van der Waals surface area contributed by atoms with Gasteiger partial charge in [-0.05, 0) is 42.9 Å². The largest absolute Gasteiger partial charge is 0.337 e. The fourth-order valence-electron chi connectivity index (χ4n) is 3.23. The van der Waals surface area contributed by atoms with Gasteiger partial charge >= 0.3 is 0 Å². The number of aromatic nitrogens is 2. The fraction of sp³-hybridized carbons (Fsp3) is 0.444. The molecule has 2 fully saturated rings. The SMILES string of the molecule is Cn1ccnc1CN(C(=O)[C@@H]1C[C@@H]1c1ccc(Br)cc1)C1CC1. The third-order valence-electron chi connectivity index (χ3n) is 4.91. The minimum Gasteiger partial charge on any atom is -0.337 e. The molecule has 2 saturated carbocycles. The van der Waals surface area contributed by atoms with E-state index in [-0.39, 0.29) is 5.92 Å². The first kappa shape index (κ1) is 14.9. The van der Waals surface area contributed by atoms with E-state index in [2.05, 4.69) is 50.1 Å². The summed E-state index contributed by atoms with van der Waals surface area (Å²) in [5.74, 6) is 1.81. The number of aryl methyl sites for hydroxylation is 1. The van der Waals surface area contributed by atoms with E-state index < -0.39 is 0 Å². The summed E-state index contributed by atoms with van der Waals surface area (Å²) in [7, 11) is 1.99. The lowest BCUT2D eigenvalue weighted by Crippen LogP contribution is -2.35. The normalized spacial score (nSPS) is 22.9. The van der Waals surface area contributed by atoms with Crippen LogP contribution in [0.3, 0.4) is 0 Å². The number of rotatable bonds is 5. The number of hydrogen-bond donors (Lipinski definition) is 0. The van der Waals surface area contributed by atoms with E-state index in [0.717, 1.165) is 29.6 Å². The maximum atomic E-state index is 13.0. The van der Waals surface area contributed by atoms with Crippen molar-refractivity contribution >= 4 is 21.8 Å². The third kappa shape index (κ3) is 3.07. The Hall–Kier alpha value is -1.62. The van der Waals surface area contributed by atoms with Crippen molar-refractivity contribution in [3.63, 3.8) is 0 Å². The van der Waals surface area contributed by atoms with E-state index in [4.69, 9.17) is 0 Å². The molecule has 1 aromatic carbocycles. The Morgan fingerprint density at radius 1 is 1.35 bits per heavy atom. The molecule has 1 aromatic heterocycles. The highest BCUT2D eigenvalue weighted by molar-refractivity contribution is 9.10. The van der Waals surface area contributed by atoms with Crippen molar-refractivity contribution in [1.82, 2.24) is 14.5 Å². The van der Waals surface area contributed by atoms with Gasteiger partial charge in [0.1, 0.15) is 5.82 Å². The van der Waals surface area contributed by atoms with Gasteiger partial charge in [-0.3, -0.25) is 4.79 Å². The van der Waals surface area contributed by atoms with Gasteiger partial charge in [0.05, 0.1) is 6.54 Å². The second-order valence-corrected chi connectivity index (χ2v) is 7.57. The Balaban J connectivity index is 1.47. The molecule has 2 atom stereocenters. The van der Waals surface area contributed by atoms with E-state index in [1.54, 1.807) is 6.20 Å². The summed E-state index contributed by atoms with van der Waals surface area (Å²) in [6.07, 6.45) is 6.97. The Morgan fingerprint density at radius 2 is 2.09 bits per heavy atom. The van der Waals surface area contributed by atoms with Crippen molar-refractivity contribution in [3.05, 3.63) is 52.5 Å². The Labute approximate surface area is 144 Å². The molecule has 4 rings (SSSR count). The quantitative estimate of drug-likeness (QED) is 0.804. The lowest BCUT2D eigenvalue weighted by molar-refractivity contribution is -0.134. The van der Waals surface area contributed by atoms with Crippen LogP contribution < -0.4 is 0 Å². The molecule has 0 unspecified atom stereocenters. The summed E-state index contributed by atoms with van der Waals surface area (Å²) in [4.78, 5) is 19.4. The van der Waals surface area contributed by atoms with E-state index in [1.807, 2.05) is 17.8 Å². The van der Waals surface area contributed by atoms with Crippen LogP contribution in [0.1, 0.15) is 36.6 Å². The molecule has 2 aromatic rings. The van der Waals surface area contributed by atoms with Gasteiger partial charge in [0, 0.05) is 35.9 Å². The summed E-state index contributed by atoms with van der Waals surface area (Å²) in [5.41, 5.74) is 1.28. The molecule has 0 saturated heterocycles. The highest BCUT2D eigenvalue weighted by atomic mass is 79.9. The zero-order chi connectivity index (χ0) is 16.0. The topological polar surface area (TPSA) is 38.1 Å². The summed E-state index contributed by atoms with van der Waals surface area (Å²) in [5, 5.41) is 0.